The van der Waals surface area contributed by atoms with E-state index in [0.29, 0.717) is 22.0 Å². The molecule has 0 unspecified atom stereocenters. The van der Waals surface area contributed by atoms with Crippen LogP contribution in [0.15, 0.2) is 54.7 Å². The Kier molecular flexibility index (Phi) is 5.59. The molecule has 0 bridgehead atoms. The summed E-state index contributed by atoms with van der Waals surface area (Å²) in [5, 5.41) is 10.9. The Morgan fingerprint density at radius 2 is 1.73 bits per heavy atom. The number of nitrogens with zero attached hydrogens (tertiary/aromatic N) is 2. The fourth-order valence-electron chi connectivity index (χ4n) is 3.34. The number of benzene rings is 2. The number of amides is 2. The summed E-state index contributed by atoms with van der Waals surface area (Å²) >= 11 is 5.99. The first-order valence-corrected chi connectivity index (χ1v) is 10.4. The summed E-state index contributed by atoms with van der Waals surface area (Å²) in [5.74, 6) is -0.0157. The van der Waals surface area contributed by atoms with Gasteiger partial charge in [-0.2, -0.15) is 5.10 Å². The molecule has 1 heterocycles. The monoisotopic (exact) mass is 422 g/mol. The van der Waals surface area contributed by atoms with E-state index in [2.05, 4.69) is 15.7 Å². The van der Waals surface area contributed by atoms with Crippen molar-refractivity contribution in [3.63, 3.8) is 0 Å². The number of hydrogen-bond donors (Lipinski definition) is 2. The highest BCUT2D eigenvalue weighted by Crippen LogP contribution is 2.30. The van der Waals surface area contributed by atoms with Crippen molar-refractivity contribution in [2.45, 2.75) is 32.6 Å². The molecule has 7 heteroatoms. The standard InChI is InChI=1S/C23H23ClN4O2/c1-14(2)21-20(13-25-28(21)19-10-8-16(24)9-11-19)23(30)27-18-5-3-4-17(12-18)26-22(29)15-6-7-15/h3-5,8-15H,6-7H2,1-2H3,(H,26,29)(H,27,30). The largest absolute Gasteiger partial charge is 0.326 e. The fraction of sp³-hybridized carbons (Fsp3) is 0.261. The summed E-state index contributed by atoms with van der Waals surface area (Å²) in [5.41, 5.74) is 3.44. The first kappa shape index (κ1) is 20.2. The van der Waals surface area contributed by atoms with Gasteiger partial charge in [-0.25, -0.2) is 4.68 Å². The molecule has 0 aliphatic heterocycles. The zero-order valence-corrected chi connectivity index (χ0v) is 17.6. The topological polar surface area (TPSA) is 76.0 Å². The van der Waals surface area contributed by atoms with Crippen LogP contribution >= 0.6 is 11.6 Å². The van der Waals surface area contributed by atoms with E-state index in [4.69, 9.17) is 11.6 Å². The van der Waals surface area contributed by atoms with Crippen LogP contribution in [0, 0.1) is 5.92 Å². The van der Waals surface area contributed by atoms with Crippen molar-refractivity contribution < 1.29 is 9.59 Å². The van der Waals surface area contributed by atoms with Gasteiger partial charge < -0.3 is 10.6 Å². The molecule has 0 spiro atoms. The van der Waals surface area contributed by atoms with Gasteiger partial charge in [0, 0.05) is 22.3 Å². The minimum atomic E-state index is -0.246. The van der Waals surface area contributed by atoms with Gasteiger partial charge in [0.2, 0.25) is 5.91 Å². The Morgan fingerprint density at radius 3 is 2.37 bits per heavy atom. The lowest BCUT2D eigenvalue weighted by atomic mass is 10.0. The molecular formula is C23H23ClN4O2. The smallest absolute Gasteiger partial charge is 0.259 e. The number of halogens is 1. The van der Waals surface area contributed by atoms with E-state index >= 15 is 0 Å². The van der Waals surface area contributed by atoms with E-state index in [9.17, 15) is 9.59 Å². The van der Waals surface area contributed by atoms with E-state index < -0.39 is 0 Å². The zero-order chi connectivity index (χ0) is 21.3. The molecule has 154 valence electrons. The van der Waals surface area contributed by atoms with E-state index in [1.807, 2.05) is 32.0 Å². The molecule has 3 aromatic rings. The third-order valence-corrected chi connectivity index (χ3v) is 5.26. The summed E-state index contributed by atoms with van der Waals surface area (Å²) in [6.07, 6.45) is 3.47. The highest BCUT2D eigenvalue weighted by molar-refractivity contribution is 6.30. The Morgan fingerprint density at radius 1 is 1.07 bits per heavy atom. The Hall–Kier alpha value is -3.12. The Labute approximate surface area is 180 Å². The van der Waals surface area contributed by atoms with Gasteiger partial charge >= 0.3 is 0 Å². The van der Waals surface area contributed by atoms with Crippen LogP contribution < -0.4 is 10.6 Å². The number of rotatable bonds is 6. The molecule has 1 aromatic heterocycles. The number of carbonyl (C=O) groups is 2. The quantitative estimate of drug-likeness (QED) is 0.569. The molecule has 30 heavy (non-hydrogen) atoms. The molecule has 0 atom stereocenters. The second kappa shape index (κ2) is 8.32. The third kappa shape index (κ3) is 4.39. The molecule has 2 N–H and O–H groups in total. The van der Waals surface area contributed by atoms with E-state index in [-0.39, 0.29) is 23.7 Å². The Bertz CT molecular complexity index is 1080. The van der Waals surface area contributed by atoms with Crippen LogP contribution in [0.2, 0.25) is 5.02 Å². The van der Waals surface area contributed by atoms with Crippen molar-refractivity contribution in [2.75, 3.05) is 10.6 Å². The first-order chi connectivity index (χ1) is 14.4. The summed E-state index contributed by atoms with van der Waals surface area (Å²) in [6, 6.07) is 14.5. The van der Waals surface area contributed by atoms with Crippen molar-refractivity contribution >= 4 is 34.8 Å². The minimum absolute atomic E-state index is 0.0322. The fourth-order valence-corrected chi connectivity index (χ4v) is 3.47. The molecule has 2 aromatic carbocycles. The molecule has 0 saturated heterocycles. The van der Waals surface area contributed by atoms with Gasteiger partial charge in [0.05, 0.1) is 23.1 Å². The lowest BCUT2D eigenvalue weighted by Crippen LogP contribution is -2.16. The molecule has 1 aliphatic carbocycles. The summed E-state index contributed by atoms with van der Waals surface area (Å²) < 4.78 is 1.77. The maximum Gasteiger partial charge on any atom is 0.259 e. The van der Waals surface area contributed by atoms with Gasteiger partial charge in [-0.05, 0) is 61.2 Å². The maximum absolute atomic E-state index is 13.0. The Balaban J connectivity index is 1.56. The number of carbonyl (C=O) groups excluding carboxylic acids is 2. The number of nitrogens with one attached hydrogen (secondary N) is 2. The predicted octanol–water partition coefficient (Wildman–Crippen LogP) is 5.25. The molecule has 1 saturated carbocycles. The predicted molar refractivity (Wildman–Crippen MR) is 118 cm³/mol. The van der Waals surface area contributed by atoms with Crippen LogP contribution in [0.1, 0.15) is 48.7 Å². The normalized spacial score (nSPS) is 13.3. The molecule has 1 fully saturated rings. The van der Waals surface area contributed by atoms with E-state index in [0.717, 1.165) is 24.2 Å². The number of aromatic nitrogens is 2. The summed E-state index contributed by atoms with van der Waals surface area (Å²) in [7, 11) is 0. The lowest BCUT2D eigenvalue weighted by molar-refractivity contribution is -0.117. The van der Waals surface area contributed by atoms with Crippen molar-refractivity contribution in [1.82, 2.24) is 9.78 Å². The van der Waals surface area contributed by atoms with Gasteiger partial charge in [0.25, 0.3) is 5.91 Å². The van der Waals surface area contributed by atoms with E-state index in [1.165, 1.54) is 0 Å². The first-order valence-electron chi connectivity index (χ1n) is 9.98. The van der Waals surface area contributed by atoms with Crippen molar-refractivity contribution in [2.24, 2.45) is 5.92 Å². The van der Waals surface area contributed by atoms with Gasteiger partial charge in [0.15, 0.2) is 0 Å². The average molecular weight is 423 g/mol. The highest BCUT2D eigenvalue weighted by Gasteiger charge is 2.29. The number of anilines is 2. The van der Waals surface area contributed by atoms with Crippen LogP contribution in [0.5, 0.6) is 0 Å². The average Bonchev–Trinajstić information content (AvgIpc) is 3.47. The third-order valence-electron chi connectivity index (χ3n) is 5.01. The van der Waals surface area contributed by atoms with Gasteiger partial charge in [-0.3, -0.25) is 9.59 Å². The molecule has 6 nitrogen and oxygen atoms in total. The maximum atomic E-state index is 13.0. The zero-order valence-electron chi connectivity index (χ0n) is 16.9. The van der Waals surface area contributed by atoms with Gasteiger partial charge in [0.1, 0.15) is 0 Å². The van der Waals surface area contributed by atoms with Crippen molar-refractivity contribution in [3.8, 4) is 5.69 Å². The summed E-state index contributed by atoms with van der Waals surface area (Å²) in [4.78, 5) is 25.0. The van der Waals surface area contributed by atoms with E-state index in [1.54, 1.807) is 41.2 Å². The lowest BCUT2D eigenvalue weighted by Gasteiger charge is -2.13. The highest BCUT2D eigenvalue weighted by atomic mass is 35.5. The molecule has 0 radical (unpaired) electrons. The van der Waals surface area contributed by atoms with Crippen LogP contribution in [-0.2, 0) is 4.79 Å². The molecular weight excluding hydrogens is 400 g/mol. The van der Waals surface area contributed by atoms with Gasteiger partial charge in [-0.1, -0.05) is 31.5 Å². The SMILES string of the molecule is CC(C)c1c(C(=O)Nc2cccc(NC(=O)C3CC3)c2)cnn1-c1ccc(Cl)cc1. The van der Waals surface area contributed by atoms with Crippen LogP contribution in [0.3, 0.4) is 0 Å². The minimum Gasteiger partial charge on any atom is -0.326 e. The van der Waals surface area contributed by atoms with Crippen LogP contribution in [0.4, 0.5) is 11.4 Å². The van der Waals surface area contributed by atoms with Crippen LogP contribution in [0.25, 0.3) is 5.69 Å². The second-order valence-corrected chi connectivity index (χ2v) is 8.22. The molecule has 4 rings (SSSR count). The van der Waals surface area contributed by atoms with Crippen LogP contribution in [-0.4, -0.2) is 21.6 Å². The second-order valence-electron chi connectivity index (χ2n) is 7.78. The summed E-state index contributed by atoms with van der Waals surface area (Å²) in [6.45, 7) is 4.04. The van der Waals surface area contributed by atoms with Crippen molar-refractivity contribution in [3.05, 3.63) is 71.0 Å². The van der Waals surface area contributed by atoms with Gasteiger partial charge in [-0.15, -0.1) is 0 Å². The molecule has 2 amide bonds. The number of hydrogen-bond acceptors (Lipinski definition) is 3. The molecule has 1 aliphatic rings. The van der Waals surface area contributed by atoms with Crippen molar-refractivity contribution in [1.29, 1.82) is 0 Å².